The minimum Gasteiger partial charge on any atom is -0.349 e. The first-order chi connectivity index (χ1) is 8.13. The number of thioether (sulfide) groups is 1. The average Bonchev–Trinajstić information content (AvgIpc) is 2.34. The van der Waals surface area contributed by atoms with Crippen LogP contribution in [0, 0.1) is 5.82 Å². The fourth-order valence-corrected chi connectivity index (χ4v) is 2.96. The number of nitrogens with two attached hydrogens (primary N) is 1. The zero-order chi connectivity index (χ0) is 12.4. The lowest BCUT2D eigenvalue weighted by molar-refractivity contribution is 0.568. The Labute approximate surface area is 104 Å². The molecule has 1 aromatic heterocycles. The topological polar surface area (TPSA) is 67.1 Å². The van der Waals surface area contributed by atoms with Crippen LogP contribution in [0.2, 0.25) is 0 Å². The van der Waals surface area contributed by atoms with E-state index in [0.29, 0.717) is 11.1 Å². The van der Waals surface area contributed by atoms with E-state index in [0.717, 1.165) is 18.5 Å². The Morgan fingerprint density at radius 1 is 1.59 bits per heavy atom. The maximum atomic E-state index is 13.7. The SMILES string of the molecule is CC1SCCN(c2nc(NN)ncc2F)C1C. The third kappa shape index (κ3) is 2.44. The largest absolute Gasteiger partial charge is 0.349 e. The average molecular weight is 257 g/mol. The summed E-state index contributed by atoms with van der Waals surface area (Å²) in [6.07, 6.45) is 1.15. The summed E-state index contributed by atoms with van der Waals surface area (Å²) in [6, 6.07) is 0.240. The first-order valence-corrected chi connectivity index (χ1v) is 6.55. The second-order valence-corrected chi connectivity index (χ2v) is 5.50. The molecule has 1 fully saturated rings. The molecule has 94 valence electrons. The zero-order valence-corrected chi connectivity index (χ0v) is 10.7. The molecule has 17 heavy (non-hydrogen) atoms. The molecule has 2 heterocycles. The second-order valence-electron chi connectivity index (χ2n) is 4.02. The summed E-state index contributed by atoms with van der Waals surface area (Å²) in [5.41, 5.74) is 2.34. The molecule has 1 aliphatic rings. The van der Waals surface area contributed by atoms with Crippen molar-refractivity contribution >= 4 is 23.5 Å². The molecule has 2 atom stereocenters. The molecule has 0 amide bonds. The van der Waals surface area contributed by atoms with Gasteiger partial charge in [0.15, 0.2) is 11.6 Å². The molecule has 5 nitrogen and oxygen atoms in total. The van der Waals surface area contributed by atoms with E-state index in [2.05, 4.69) is 29.2 Å². The third-order valence-electron chi connectivity index (χ3n) is 3.01. The number of nitrogens with one attached hydrogen (secondary N) is 1. The maximum absolute atomic E-state index is 13.7. The molecule has 0 aromatic carbocycles. The summed E-state index contributed by atoms with van der Waals surface area (Å²) in [6.45, 7) is 5.00. The van der Waals surface area contributed by atoms with E-state index in [9.17, 15) is 4.39 Å². The van der Waals surface area contributed by atoms with Crippen molar-refractivity contribution in [3.05, 3.63) is 12.0 Å². The molecule has 0 aliphatic carbocycles. The van der Waals surface area contributed by atoms with Gasteiger partial charge < -0.3 is 4.90 Å². The minimum absolute atomic E-state index is 0.236. The van der Waals surface area contributed by atoms with E-state index >= 15 is 0 Å². The van der Waals surface area contributed by atoms with Crippen LogP contribution in [0.1, 0.15) is 13.8 Å². The number of hydrogen-bond acceptors (Lipinski definition) is 6. The zero-order valence-electron chi connectivity index (χ0n) is 9.85. The fourth-order valence-electron chi connectivity index (χ4n) is 1.86. The molecule has 0 saturated carbocycles. The predicted molar refractivity (Wildman–Crippen MR) is 68.5 cm³/mol. The van der Waals surface area contributed by atoms with Crippen LogP contribution >= 0.6 is 11.8 Å². The molecule has 2 unspecified atom stereocenters. The monoisotopic (exact) mass is 257 g/mol. The fraction of sp³-hybridized carbons (Fsp3) is 0.600. The molecular weight excluding hydrogens is 241 g/mol. The van der Waals surface area contributed by atoms with Gasteiger partial charge in [0.2, 0.25) is 5.95 Å². The van der Waals surface area contributed by atoms with E-state index in [1.54, 1.807) is 0 Å². The van der Waals surface area contributed by atoms with Gasteiger partial charge in [0.25, 0.3) is 0 Å². The first-order valence-electron chi connectivity index (χ1n) is 5.51. The lowest BCUT2D eigenvalue weighted by Crippen LogP contribution is -2.45. The van der Waals surface area contributed by atoms with Gasteiger partial charge in [0.05, 0.1) is 6.20 Å². The number of nitrogen functional groups attached to an aromatic ring is 1. The van der Waals surface area contributed by atoms with Gasteiger partial charge in [-0.25, -0.2) is 15.2 Å². The third-order valence-corrected chi connectivity index (χ3v) is 4.35. The lowest BCUT2D eigenvalue weighted by atomic mass is 10.2. The van der Waals surface area contributed by atoms with Crippen molar-refractivity contribution in [2.45, 2.75) is 25.1 Å². The number of hydrogen-bond donors (Lipinski definition) is 2. The number of nitrogens with zero attached hydrogens (tertiary/aromatic N) is 3. The van der Waals surface area contributed by atoms with Gasteiger partial charge >= 0.3 is 0 Å². The van der Waals surface area contributed by atoms with Gasteiger partial charge in [0, 0.05) is 23.6 Å². The molecule has 0 radical (unpaired) electrons. The lowest BCUT2D eigenvalue weighted by Gasteiger charge is -2.38. The van der Waals surface area contributed by atoms with Gasteiger partial charge in [-0.05, 0) is 6.92 Å². The van der Waals surface area contributed by atoms with Crippen molar-refractivity contribution in [1.29, 1.82) is 0 Å². The quantitative estimate of drug-likeness (QED) is 0.613. The van der Waals surface area contributed by atoms with Crippen molar-refractivity contribution in [3.63, 3.8) is 0 Å². The Bertz CT molecular complexity index is 402. The second kappa shape index (κ2) is 5.05. The predicted octanol–water partition coefficient (Wildman–Crippen LogP) is 1.23. The van der Waals surface area contributed by atoms with Crippen molar-refractivity contribution in [1.82, 2.24) is 9.97 Å². The van der Waals surface area contributed by atoms with E-state index in [1.807, 2.05) is 16.7 Å². The summed E-state index contributed by atoms with van der Waals surface area (Å²) < 4.78 is 13.7. The van der Waals surface area contributed by atoms with Crippen molar-refractivity contribution in [3.8, 4) is 0 Å². The van der Waals surface area contributed by atoms with Gasteiger partial charge in [-0.2, -0.15) is 16.7 Å². The van der Waals surface area contributed by atoms with Crippen LogP contribution in [0.4, 0.5) is 16.2 Å². The highest BCUT2D eigenvalue weighted by molar-refractivity contribution is 8.00. The highest BCUT2D eigenvalue weighted by atomic mass is 32.2. The Hall–Kier alpha value is -1.08. The van der Waals surface area contributed by atoms with Crippen LogP contribution in [0.3, 0.4) is 0 Å². The standard InChI is InChI=1S/C10H16FN5S/c1-6-7(2)17-4-3-16(6)9-8(11)5-13-10(14-9)15-12/h5-7H,3-4,12H2,1-2H3,(H,13,14,15). The van der Waals surface area contributed by atoms with E-state index in [4.69, 9.17) is 5.84 Å². The highest BCUT2D eigenvalue weighted by Gasteiger charge is 2.28. The van der Waals surface area contributed by atoms with Crippen LogP contribution in [-0.4, -0.2) is 33.6 Å². The van der Waals surface area contributed by atoms with Crippen LogP contribution in [-0.2, 0) is 0 Å². The Balaban J connectivity index is 2.31. The van der Waals surface area contributed by atoms with Gasteiger partial charge in [-0.3, -0.25) is 5.43 Å². The number of hydrazine groups is 1. The summed E-state index contributed by atoms with van der Waals surface area (Å²) in [5, 5.41) is 0.451. The molecule has 7 heteroatoms. The van der Waals surface area contributed by atoms with Crippen LogP contribution < -0.4 is 16.2 Å². The van der Waals surface area contributed by atoms with E-state index in [1.165, 1.54) is 0 Å². The van der Waals surface area contributed by atoms with E-state index < -0.39 is 5.82 Å². The first kappa shape index (κ1) is 12.4. The molecule has 3 N–H and O–H groups in total. The number of halogens is 1. The molecule has 0 bridgehead atoms. The van der Waals surface area contributed by atoms with Gasteiger partial charge in [-0.15, -0.1) is 0 Å². The summed E-state index contributed by atoms with van der Waals surface area (Å²) >= 11 is 1.89. The van der Waals surface area contributed by atoms with Crippen LogP contribution in [0.25, 0.3) is 0 Å². The Kier molecular flexibility index (Phi) is 3.68. The van der Waals surface area contributed by atoms with Crippen LogP contribution in [0.5, 0.6) is 0 Å². The molecule has 2 rings (SSSR count). The summed E-state index contributed by atoms with van der Waals surface area (Å²) in [7, 11) is 0. The maximum Gasteiger partial charge on any atom is 0.239 e. The normalized spacial score (nSPS) is 24.8. The summed E-state index contributed by atoms with van der Waals surface area (Å²) in [5.74, 6) is 6.37. The minimum atomic E-state index is -0.407. The van der Waals surface area contributed by atoms with Crippen molar-refractivity contribution < 1.29 is 4.39 Å². The van der Waals surface area contributed by atoms with Gasteiger partial charge in [0.1, 0.15) is 0 Å². The van der Waals surface area contributed by atoms with Crippen LogP contribution in [0.15, 0.2) is 6.20 Å². The highest BCUT2D eigenvalue weighted by Crippen LogP contribution is 2.29. The number of aromatic nitrogens is 2. The van der Waals surface area contributed by atoms with E-state index in [-0.39, 0.29) is 12.0 Å². The molecule has 1 saturated heterocycles. The molecule has 1 aliphatic heterocycles. The summed E-state index contributed by atoms with van der Waals surface area (Å²) in [4.78, 5) is 9.81. The van der Waals surface area contributed by atoms with Crippen molar-refractivity contribution in [2.75, 3.05) is 22.6 Å². The molecule has 0 spiro atoms. The van der Waals surface area contributed by atoms with Crippen molar-refractivity contribution in [2.24, 2.45) is 5.84 Å². The Morgan fingerprint density at radius 2 is 2.35 bits per heavy atom. The van der Waals surface area contributed by atoms with Gasteiger partial charge in [-0.1, -0.05) is 6.92 Å². The smallest absolute Gasteiger partial charge is 0.239 e. The number of anilines is 2. The molecular formula is C10H16FN5S. The molecule has 1 aromatic rings. The number of rotatable bonds is 2. The Morgan fingerprint density at radius 3 is 3.06 bits per heavy atom.